The van der Waals surface area contributed by atoms with Crippen molar-refractivity contribution in [2.45, 2.75) is 51.2 Å². The minimum atomic E-state index is 0.644. The lowest BCUT2D eigenvalue weighted by Gasteiger charge is -2.23. The largest absolute Gasteiger partial charge is 0.348 e. The van der Waals surface area contributed by atoms with E-state index in [1.54, 1.807) is 0 Å². The molecular weight excluding hydrogens is 230 g/mol. The van der Waals surface area contributed by atoms with Gasteiger partial charge in [-0.25, -0.2) is 4.98 Å². The quantitative estimate of drug-likeness (QED) is 0.842. The molecule has 4 heteroatoms. The molecule has 2 aliphatic carbocycles. The normalized spacial score (nSPS) is 21.5. The molecule has 0 spiro atoms. The van der Waals surface area contributed by atoms with Gasteiger partial charge in [-0.1, -0.05) is 0 Å². The van der Waals surface area contributed by atoms with Gasteiger partial charge in [0.05, 0.1) is 0 Å². The van der Waals surface area contributed by atoms with Crippen LogP contribution >= 0.6 is 11.3 Å². The molecule has 0 radical (unpaired) electrons. The smallest absolute Gasteiger partial charge is 0.185 e. The van der Waals surface area contributed by atoms with Crippen molar-refractivity contribution in [1.29, 1.82) is 0 Å². The zero-order chi connectivity index (χ0) is 11.8. The van der Waals surface area contributed by atoms with Crippen molar-refractivity contribution in [2.75, 3.05) is 11.9 Å². The van der Waals surface area contributed by atoms with Gasteiger partial charge < -0.3 is 10.2 Å². The van der Waals surface area contributed by atoms with Crippen LogP contribution in [0, 0.1) is 5.92 Å². The van der Waals surface area contributed by atoms with Gasteiger partial charge in [0.2, 0.25) is 0 Å². The molecule has 0 amide bonds. The van der Waals surface area contributed by atoms with E-state index in [0.717, 1.165) is 18.5 Å². The van der Waals surface area contributed by atoms with Crippen LogP contribution in [0.4, 0.5) is 5.13 Å². The monoisotopic (exact) mass is 251 g/mol. The van der Waals surface area contributed by atoms with Gasteiger partial charge in [0.15, 0.2) is 5.13 Å². The fourth-order valence-electron chi connectivity index (χ4n) is 2.14. The Kier molecular flexibility index (Phi) is 3.09. The molecule has 1 atom stereocenters. The minimum absolute atomic E-state index is 0.644. The van der Waals surface area contributed by atoms with E-state index < -0.39 is 0 Å². The second-order valence-electron chi connectivity index (χ2n) is 5.45. The molecule has 1 heterocycles. The Hall–Kier alpha value is -0.610. The van der Waals surface area contributed by atoms with Gasteiger partial charge in [0.1, 0.15) is 0 Å². The molecule has 1 aromatic heterocycles. The number of hydrogen-bond acceptors (Lipinski definition) is 4. The van der Waals surface area contributed by atoms with Crippen molar-refractivity contribution in [1.82, 2.24) is 10.3 Å². The van der Waals surface area contributed by atoms with Gasteiger partial charge in [-0.3, -0.25) is 0 Å². The maximum absolute atomic E-state index is 4.55. The molecule has 1 aromatic rings. The Labute approximate surface area is 107 Å². The van der Waals surface area contributed by atoms with E-state index in [2.05, 4.69) is 29.2 Å². The van der Waals surface area contributed by atoms with Gasteiger partial charge in [-0.05, 0) is 38.5 Å². The van der Waals surface area contributed by atoms with Crippen LogP contribution in [0.25, 0.3) is 0 Å². The SMILES string of the molecule is CC(C1CC1)N(C)c1ncc(CNC2CC2)s1. The number of nitrogens with zero attached hydrogens (tertiary/aromatic N) is 2. The van der Waals surface area contributed by atoms with Crippen LogP contribution in [0.15, 0.2) is 6.20 Å². The average Bonchev–Trinajstić information content (AvgIpc) is 3.24. The Morgan fingerprint density at radius 2 is 2.24 bits per heavy atom. The van der Waals surface area contributed by atoms with Crippen molar-refractivity contribution in [2.24, 2.45) is 5.92 Å². The van der Waals surface area contributed by atoms with E-state index in [-0.39, 0.29) is 0 Å². The average molecular weight is 251 g/mol. The first kappa shape index (κ1) is 11.5. The van der Waals surface area contributed by atoms with Crippen molar-refractivity contribution in [3.8, 4) is 0 Å². The summed E-state index contributed by atoms with van der Waals surface area (Å²) in [6, 6.07) is 1.43. The molecule has 94 valence electrons. The Balaban J connectivity index is 1.57. The molecule has 0 bridgehead atoms. The van der Waals surface area contributed by atoms with E-state index >= 15 is 0 Å². The van der Waals surface area contributed by atoms with Gasteiger partial charge in [-0.15, -0.1) is 11.3 Å². The number of aromatic nitrogens is 1. The maximum atomic E-state index is 4.55. The first-order chi connectivity index (χ1) is 8.24. The fraction of sp³-hybridized carbons (Fsp3) is 0.769. The molecule has 17 heavy (non-hydrogen) atoms. The third kappa shape index (κ3) is 2.80. The summed E-state index contributed by atoms with van der Waals surface area (Å²) in [6.45, 7) is 3.31. The van der Waals surface area contributed by atoms with E-state index in [4.69, 9.17) is 0 Å². The topological polar surface area (TPSA) is 28.2 Å². The molecule has 0 aliphatic heterocycles. The number of anilines is 1. The van der Waals surface area contributed by atoms with Crippen molar-refractivity contribution in [3.63, 3.8) is 0 Å². The molecule has 2 fully saturated rings. The standard InChI is InChI=1S/C13H21N3S/c1-9(10-3-4-10)16(2)13-15-8-12(17-13)7-14-11-5-6-11/h8-11,14H,3-7H2,1-2H3. The summed E-state index contributed by atoms with van der Waals surface area (Å²) in [6.07, 6.45) is 7.53. The second kappa shape index (κ2) is 4.58. The number of nitrogens with one attached hydrogen (secondary N) is 1. The van der Waals surface area contributed by atoms with Gasteiger partial charge in [0, 0.05) is 36.8 Å². The van der Waals surface area contributed by atoms with Crippen LogP contribution in [0.3, 0.4) is 0 Å². The third-order valence-corrected chi connectivity index (χ3v) is 4.99. The van der Waals surface area contributed by atoms with Crippen LogP contribution in [0.2, 0.25) is 0 Å². The predicted octanol–water partition coefficient (Wildman–Crippen LogP) is 2.63. The minimum Gasteiger partial charge on any atom is -0.348 e. The van der Waals surface area contributed by atoms with Crippen LogP contribution in [-0.4, -0.2) is 24.1 Å². The first-order valence-electron chi connectivity index (χ1n) is 6.65. The summed E-state index contributed by atoms with van der Waals surface area (Å²) in [5, 5.41) is 4.72. The van der Waals surface area contributed by atoms with Crippen LogP contribution in [-0.2, 0) is 6.54 Å². The van der Waals surface area contributed by atoms with E-state index in [1.165, 1.54) is 35.7 Å². The van der Waals surface area contributed by atoms with Crippen molar-refractivity contribution in [3.05, 3.63) is 11.1 Å². The number of hydrogen-bond donors (Lipinski definition) is 1. The lowest BCUT2D eigenvalue weighted by Crippen LogP contribution is -2.30. The molecule has 0 aromatic carbocycles. The molecule has 1 unspecified atom stereocenters. The van der Waals surface area contributed by atoms with E-state index in [0.29, 0.717) is 6.04 Å². The van der Waals surface area contributed by atoms with Crippen molar-refractivity contribution >= 4 is 16.5 Å². The van der Waals surface area contributed by atoms with Gasteiger partial charge >= 0.3 is 0 Å². The molecule has 2 saturated carbocycles. The highest BCUT2D eigenvalue weighted by Gasteiger charge is 2.31. The Morgan fingerprint density at radius 1 is 1.47 bits per heavy atom. The third-order valence-electron chi connectivity index (χ3n) is 3.90. The molecule has 1 N–H and O–H groups in total. The summed E-state index contributed by atoms with van der Waals surface area (Å²) in [5.41, 5.74) is 0. The zero-order valence-electron chi connectivity index (χ0n) is 10.6. The Bertz CT molecular complexity index is 382. The molecular formula is C13H21N3S. The van der Waals surface area contributed by atoms with Crippen LogP contribution in [0.5, 0.6) is 0 Å². The fourth-order valence-corrected chi connectivity index (χ4v) is 3.05. The summed E-state index contributed by atoms with van der Waals surface area (Å²) >= 11 is 1.84. The lowest BCUT2D eigenvalue weighted by molar-refractivity contribution is 0.608. The van der Waals surface area contributed by atoms with E-state index in [9.17, 15) is 0 Å². The summed E-state index contributed by atoms with van der Waals surface area (Å²) in [4.78, 5) is 8.26. The van der Waals surface area contributed by atoms with Crippen molar-refractivity contribution < 1.29 is 0 Å². The molecule has 3 rings (SSSR count). The summed E-state index contributed by atoms with van der Waals surface area (Å²) in [7, 11) is 2.18. The predicted molar refractivity (Wildman–Crippen MR) is 72.6 cm³/mol. The highest BCUT2D eigenvalue weighted by Crippen LogP contribution is 2.37. The maximum Gasteiger partial charge on any atom is 0.185 e. The van der Waals surface area contributed by atoms with E-state index in [1.807, 2.05) is 17.5 Å². The zero-order valence-corrected chi connectivity index (χ0v) is 11.5. The van der Waals surface area contributed by atoms with Crippen LogP contribution < -0.4 is 10.2 Å². The highest BCUT2D eigenvalue weighted by molar-refractivity contribution is 7.15. The van der Waals surface area contributed by atoms with Crippen LogP contribution in [0.1, 0.15) is 37.5 Å². The first-order valence-corrected chi connectivity index (χ1v) is 7.46. The Morgan fingerprint density at radius 3 is 2.88 bits per heavy atom. The molecule has 0 saturated heterocycles. The van der Waals surface area contributed by atoms with Gasteiger partial charge in [-0.2, -0.15) is 0 Å². The highest BCUT2D eigenvalue weighted by atomic mass is 32.1. The second-order valence-corrected chi connectivity index (χ2v) is 6.55. The number of rotatable bonds is 6. The summed E-state index contributed by atoms with van der Waals surface area (Å²) in [5.74, 6) is 0.900. The molecule has 3 nitrogen and oxygen atoms in total. The summed E-state index contributed by atoms with van der Waals surface area (Å²) < 4.78 is 0. The molecule has 2 aliphatic rings. The lowest BCUT2D eigenvalue weighted by atomic mass is 10.2. The van der Waals surface area contributed by atoms with Gasteiger partial charge in [0.25, 0.3) is 0 Å². The number of thiazole rings is 1.